The van der Waals surface area contributed by atoms with Crippen molar-refractivity contribution in [2.24, 2.45) is 34.5 Å². The molecule has 0 aromatic rings. The van der Waals surface area contributed by atoms with E-state index in [0.29, 0.717) is 29.5 Å². The molecule has 4 unspecified atom stereocenters. The molecule has 5 heteroatoms. The Morgan fingerprint density at radius 1 is 0.767 bits per heavy atom. The maximum absolute atomic E-state index is 12.9. The van der Waals surface area contributed by atoms with Gasteiger partial charge in [-0.15, -0.1) is 0 Å². The van der Waals surface area contributed by atoms with Gasteiger partial charge in [0.2, 0.25) is 0 Å². The molecule has 0 aromatic carbocycles. The summed E-state index contributed by atoms with van der Waals surface area (Å²) < 4.78 is 26.0. The molecule has 0 radical (unpaired) electrons. The van der Waals surface area contributed by atoms with E-state index >= 15 is 0 Å². The standard InChI is InChI=1S/C25H38O5/c1-22(2)27-16-11-15-20-21(30-23(3,4)29-20)19-13-7-8-18(26)24(13,5)10-9-14(19)25(15,6)12-17(16)28-22/h13-17,19-21H,7-12H2,1-6H3/t13?,14?,15?,16-,17-,19?,20-,21-,24+,25-/m1/s1. The maximum Gasteiger partial charge on any atom is 0.163 e. The largest absolute Gasteiger partial charge is 0.345 e. The van der Waals surface area contributed by atoms with Crippen molar-refractivity contribution in [3.63, 3.8) is 0 Å². The minimum Gasteiger partial charge on any atom is -0.345 e. The minimum absolute atomic E-state index is 0.0811. The Morgan fingerprint density at radius 2 is 1.43 bits per heavy atom. The van der Waals surface area contributed by atoms with Gasteiger partial charge < -0.3 is 18.9 Å². The highest BCUT2D eigenvalue weighted by Crippen LogP contribution is 2.68. The zero-order valence-electron chi connectivity index (χ0n) is 19.4. The molecule has 6 aliphatic rings. The summed E-state index contributed by atoms with van der Waals surface area (Å²) in [5.41, 5.74) is -0.0370. The van der Waals surface area contributed by atoms with E-state index in [2.05, 4.69) is 27.7 Å². The zero-order chi connectivity index (χ0) is 21.3. The fourth-order valence-corrected chi connectivity index (χ4v) is 8.94. The summed E-state index contributed by atoms with van der Waals surface area (Å²) in [4.78, 5) is 12.9. The van der Waals surface area contributed by atoms with Crippen molar-refractivity contribution in [1.29, 1.82) is 0 Å². The number of rotatable bonds is 0. The first-order valence-electron chi connectivity index (χ1n) is 12.2. The van der Waals surface area contributed by atoms with Crippen LogP contribution in [0.15, 0.2) is 0 Å². The highest BCUT2D eigenvalue weighted by Gasteiger charge is 2.70. The quantitative estimate of drug-likeness (QED) is 0.581. The van der Waals surface area contributed by atoms with Crippen LogP contribution >= 0.6 is 0 Å². The number of hydrogen-bond donors (Lipinski definition) is 0. The topological polar surface area (TPSA) is 54.0 Å². The number of carbonyl (C=O) groups excluding carboxylic acids is 1. The van der Waals surface area contributed by atoms with Crippen LogP contribution in [0.3, 0.4) is 0 Å². The molecule has 0 N–H and O–H groups in total. The summed E-state index contributed by atoms with van der Waals surface area (Å²) in [6, 6.07) is 0. The molecule has 2 saturated heterocycles. The van der Waals surface area contributed by atoms with Crippen molar-refractivity contribution in [1.82, 2.24) is 0 Å². The summed E-state index contributed by atoms with van der Waals surface area (Å²) in [7, 11) is 0. The maximum atomic E-state index is 12.9. The second-order valence-corrected chi connectivity index (χ2v) is 12.5. The molecule has 0 bridgehead atoms. The second-order valence-electron chi connectivity index (χ2n) is 12.5. The van der Waals surface area contributed by atoms with Crippen molar-refractivity contribution in [2.45, 2.75) is 116 Å². The lowest BCUT2D eigenvalue weighted by atomic mass is 9.43. The molecule has 2 aliphatic heterocycles. The number of hydrogen-bond acceptors (Lipinski definition) is 5. The van der Waals surface area contributed by atoms with Crippen LogP contribution in [0.1, 0.15) is 80.1 Å². The molecule has 168 valence electrons. The van der Waals surface area contributed by atoms with Crippen molar-refractivity contribution in [2.75, 3.05) is 0 Å². The molecule has 5 nitrogen and oxygen atoms in total. The number of carbonyl (C=O) groups is 1. The number of ether oxygens (including phenoxy) is 4. The number of fused-ring (bicyclic) bond motifs is 9. The zero-order valence-corrected chi connectivity index (χ0v) is 19.4. The molecular weight excluding hydrogens is 380 g/mol. The summed E-state index contributed by atoms with van der Waals surface area (Å²) in [5, 5.41) is 0. The molecule has 0 spiro atoms. The van der Waals surface area contributed by atoms with Crippen molar-refractivity contribution >= 4 is 5.78 Å². The third-order valence-electron chi connectivity index (χ3n) is 10.1. The molecule has 0 amide bonds. The van der Waals surface area contributed by atoms with Crippen LogP contribution in [0, 0.1) is 34.5 Å². The van der Waals surface area contributed by atoms with Gasteiger partial charge in [0.1, 0.15) is 5.78 Å². The van der Waals surface area contributed by atoms with E-state index < -0.39 is 11.6 Å². The van der Waals surface area contributed by atoms with Gasteiger partial charge in [0.25, 0.3) is 0 Å². The van der Waals surface area contributed by atoms with Crippen molar-refractivity contribution in [3.8, 4) is 0 Å². The van der Waals surface area contributed by atoms with Gasteiger partial charge in [-0.05, 0) is 88.9 Å². The Bertz CT molecular complexity index is 776. The fraction of sp³-hybridized carbons (Fsp3) is 0.960. The molecule has 6 fully saturated rings. The first kappa shape index (κ1) is 20.1. The molecule has 6 rings (SSSR count). The van der Waals surface area contributed by atoms with Crippen LogP contribution in [0.4, 0.5) is 0 Å². The van der Waals surface area contributed by atoms with Gasteiger partial charge in [0, 0.05) is 11.8 Å². The average Bonchev–Trinajstić information content (AvgIpc) is 3.22. The van der Waals surface area contributed by atoms with E-state index in [9.17, 15) is 4.79 Å². The summed E-state index contributed by atoms with van der Waals surface area (Å²) >= 11 is 0. The summed E-state index contributed by atoms with van der Waals surface area (Å²) in [5.74, 6) is 1.18. The summed E-state index contributed by atoms with van der Waals surface area (Å²) in [6.45, 7) is 12.9. The van der Waals surface area contributed by atoms with Crippen LogP contribution in [0.25, 0.3) is 0 Å². The molecule has 10 atom stereocenters. The highest BCUT2D eigenvalue weighted by molar-refractivity contribution is 5.87. The predicted molar refractivity (Wildman–Crippen MR) is 111 cm³/mol. The van der Waals surface area contributed by atoms with Gasteiger partial charge in [-0.25, -0.2) is 0 Å². The average molecular weight is 419 g/mol. The van der Waals surface area contributed by atoms with Gasteiger partial charge in [-0.2, -0.15) is 0 Å². The lowest BCUT2D eigenvalue weighted by Crippen LogP contribution is -2.64. The van der Waals surface area contributed by atoms with Gasteiger partial charge >= 0.3 is 0 Å². The third-order valence-corrected chi connectivity index (χ3v) is 10.1. The van der Waals surface area contributed by atoms with Crippen LogP contribution < -0.4 is 0 Å². The van der Waals surface area contributed by atoms with E-state index in [4.69, 9.17) is 18.9 Å². The van der Waals surface area contributed by atoms with E-state index in [1.807, 2.05) is 13.8 Å². The van der Waals surface area contributed by atoms with Crippen LogP contribution in [0.5, 0.6) is 0 Å². The van der Waals surface area contributed by atoms with E-state index in [-0.39, 0.29) is 35.2 Å². The first-order chi connectivity index (χ1) is 13.9. The fourth-order valence-electron chi connectivity index (χ4n) is 8.94. The molecule has 2 heterocycles. The third kappa shape index (κ3) is 2.52. The van der Waals surface area contributed by atoms with Crippen molar-refractivity contribution in [3.05, 3.63) is 0 Å². The van der Waals surface area contributed by atoms with Crippen LogP contribution in [-0.4, -0.2) is 41.8 Å². The van der Waals surface area contributed by atoms with Crippen LogP contribution in [-0.2, 0) is 23.7 Å². The van der Waals surface area contributed by atoms with Crippen LogP contribution in [0.2, 0.25) is 0 Å². The summed E-state index contributed by atoms with van der Waals surface area (Å²) in [6.07, 6.45) is 6.38. The number of Topliss-reactive ketones (excluding diaryl/α,β-unsaturated/α-hetero) is 1. The van der Waals surface area contributed by atoms with Gasteiger partial charge in [0.15, 0.2) is 11.6 Å². The Balaban J connectivity index is 1.43. The molecule has 4 aliphatic carbocycles. The van der Waals surface area contributed by atoms with Gasteiger partial charge in [-0.1, -0.05) is 13.8 Å². The first-order valence-corrected chi connectivity index (χ1v) is 12.2. The smallest absolute Gasteiger partial charge is 0.163 e. The number of ketones is 1. The van der Waals surface area contributed by atoms with Gasteiger partial charge in [0.05, 0.1) is 24.4 Å². The minimum atomic E-state index is -0.565. The normalized spacial score (nSPS) is 57.9. The van der Waals surface area contributed by atoms with E-state index in [1.54, 1.807) is 0 Å². The lowest BCUT2D eigenvalue weighted by Gasteiger charge is -2.62. The molecule has 30 heavy (non-hydrogen) atoms. The lowest BCUT2D eigenvalue weighted by molar-refractivity contribution is -0.193. The second kappa shape index (κ2) is 5.89. The Hall–Kier alpha value is -0.490. The van der Waals surface area contributed by atoms with E-state index in [1.165, 1.54) is 0 Å². The Kier molecular flexibility index (Phi) is 3.96. The Morgan fingerprint density at radius 3 is 2.20 bits per heavy atom. The highest BCUT2D eigenvalue weighted by atomic mass is 16.8. The predicted octanol–water partition coefficient (Wildman–Crippen LogP) is 4.47. The van der Waals surface area contributed by atoms with Crippen molar-refractivity contribution < 1.29 is 23.7 Å². The monoisotopic (exact) mass is 418 g/mol. The molecule has 0 aromatic heterocycles. The van der Waals surface area contributed by atoms with Gasteiger partial charge in [-0.3, -0.25) is 4.79 Å². The molecular formula is C25H38O5. The van der Waals surface area contributed by atoms with E-state index in [0.717, 1.165) is 38.5 Å². The molecule has 4 saturated carbocycles. The SMILES string of the molecule is CC1(C)O[C@@H]2C3C(CC[C@]4(C)C(=O)CCC34)[C@@]3(C)C[C@H]4OC(C)(C)O[C@@H]4CC3[C@H]2O1. The Labute approximate surface area is 180 Å².